The Morgan fingerprint density at radius 3 is 2.79 bits per heavy atom. The molecule has 0 aliphatic carbocycles. The molecule has 0 bridgehead atoms. The van der Waals surface area contributed by atoms with Crippen LogP contribution < -0.4 is 16.4 Å². The Morgan fingerprint density at radius 2 is 2.07 bits per heavy atom. The number of anilines is 2. The molecular formula is C20H15BrN6OS. The van der Waals surface area contributed by atoms with Crippen LogP contribution in [0.25, 0.3) is 16.2 Å². The van der Waals surface area contributed by atoms with E-state index < -0.39 is 0 Å². The third-order valence-electron chi connectivity index (χ3n) is 4.31. The highest BCUT2D eigenvalue weighted by molar-refractivity contribution is 9.10. The highest BCUT2D eigenvalue weighted by Crippen LogP contribution is 2.31. The van der Waals surface area contributed by atoms with Crippen LogP contribution in [0.15, 0.2) is 58.5 Å². The Morgan fingerprint density at radius 1 is 1.28 bits per heavy atom. The van der Waals surface area contributed by atoms with Crippen LogP contribution in [0, 0.1) is 11.3 Å². The van der Waals surface area contributed by atoms with Gasteiger partial charge in [-0.2, -0.15) is 5.26 Å². The van der Waals surface area contributed by atoms with E-state index in [4.69, 9.17) is 11.0 Å². The van der Waals surface area contributed by atoms with Crippen LogP contribution >= 0.6 is 27.3 Å². The normalized spacial score (nSPS) is 10.6. The molecule has 0 radical (unpaired) electrons. The van der Waals surface area contributed by atoms with Gasteiger partial charge in [0.25, 0.3) is 0 Å². The second kappa shape index (κ2) is 7.95. The fraction of sp³-hybridized carbons (Fsp3) is 0.0500. The summed E-state index contributed by atoms with van der Waals surface area (Å²) in [5, 5.41) is 16.4. The minimum absolute atomic E-state index is 0.305. The van der Waals surface area contributed by atoms with Crippen molar-refractivity contribution < 1.29 is 4.79 Å². The van der Waals surface area contributed by atoms with Gasteiger partial charge in [-0.15, -0.1) is 11.3 Å². The Hall–Kier alpha value is -3.35. The van der Waals surface area contributed by atoms with Gasteiger partial charge in [0.1, 0.15) is 0 Å². The fourth-order valence-corrected chi connectivity index (χ4v) is 4.01. The number of nitrogens with one attached hydrogen (secondary N) is 2. The van der Waals surface area contributed by atoms with Gasteiger partial charge in [-0.05, 0) is 52.3 Å². The quantitative estimate of drug-likeness (QED) is 0.381. The number of carbonyl (C=O) groups excluding carboxylic acids is 1. The van der Waals surface area contributed by atoms with Crippen molar-refractivity contribution in [3.8, 4) is 17.3 Å². The lowest BCUT2D eigenvalue weighted by molar-refractivity contribution is 0.251. The zero-order valence-corrected chi connectivity index (χ0v) is 17.4. The summed E-state index contributed by atoms with van der Waals surface area (Å²) in [4.78, 5) is 17.5. The highest BCUT2D eigenvalue weighted by Gasteiger charge is 2.13. The lowest BCUT2D eigenvalue weighted by atomic mass is 10.1. The number of nitrogens with zero attached hydrogens (tertiary/aromatic N) is 3. The summed E-state index contributed by atoms with van der Waals surface area (Å²) in [5.74, 6) is 0. The third kappa shape index (κ3) is 3.94. The molecule has 4 rings (SSSR count). The van der Waals surface area contributed by atoms with Gasteiger partial charge in [0.05, 0.1) is 35.8 Å². The van der Waals surface area contributed by atoms with Crippen LogP contribution in [0.3, 0.4) is 0 Å². The van der Waals surface area contributed by atoms with Crippen molar-refractivity contribution in [1.82, 2.24) is 14.7 Å². The number of fused-ring (bicyclic) bond motifs is 1. The molecule has 0 aliphatic heterocycles. The molecule has 2 amide bonds. The number of aromatic nitrogens is 2. The summed E-state index contributed by atoms with van der Waals surface area (Å²) in [6.45, 7) is 0.305. The second-order valence-corrected chi connectivity index (χ2v) is 7.91. The topological polar surface area (TPSA) is 108 Å². The first-order valence-corrected chi connectivity index (χ1v) is 10.3. The lowest BCUT2D eigenvalue weighted by Gasteiger charge is -2.09. The minimum atomic E-state index is -0.339. The first-order valence-electron chi connectivity index (χ1n) is 8.59. The number of halogens is 1. The number of benzene rings is 2. The molecule has 0 atom stereocenters. The van der Waals surface area contributed by atoms with Crippen molar-refractivity contribution >= 4 is 49.6 Å². The second-order valence-electron chi connectivity index (χ2n) is 6.22. The molecular weight excluding hydrogens is 452 g/mol. The predicted molar refractivity (Wildman–Crippen MR) is 118 cm³/mol. The number of hydrogen-bond acceptors (Lipinski definition) is 5. The molecule has 29 heavy (non-hydrogen) atoms. The molecule has 4 N–H and O–H groups in total. The summed E-state index contributed by atoms with van der Waals surface area (Å²) in [5.41, 5.74) is 10.6. The van der Waals surface area contributed by atoms with Gasteiger partial charge in [0.15, 0.2) is 4.96 Å². The molecule has 0 unspecified atom stereocenters. The van der Waals surface area contributed by atoms with Crippen LogP contribution in [0.1, 0.15) is 11.3 Å². The molecule has 2 aromatic heterocycles. The largest absolute Gasteiger partial charge is 0.398 e. The average molecular weight is 467 g/mol. The van der Waals surface area contributed by atoms with Crippen LogP contribution in [0.2, 0.25) is 0 Å². The molecule has 4 aromatic rings. The number of urea groups is 1. The first-order chi connectivity index (χ1) is 14.0. The van der Waals surface area contributed by atoms with Crippen LogP contribution in [-0.2, 0) is 6.54 Å². The molecule has 9 heteroatoms. The van der Waals surface area contributed by atoms with Gasteiger partial charge in [0.2, 0.25) is 0 Å². The van der Waals surface area contributed by atoms with Gasteiger partial charge >= 0.3 is 6.03 Å². The van der Waals surface area contributed by atoms with Crippen molar-refractivity contribution in [2.24, 2.45) is 0 Å². The summed E-state index contributed by atoms with van der Waals surface area (Å²) < 4.78 is 2.86. The first kappa shape index (κ1) is 19.0. The van der Waals surface area contributed by atoms with E-state index in [1.165, 1.54) is 11.3 Å². The highest BCUT2D eigenvalue weighted by atomic mass is 79.9. The summed E-state index contributed by atoms with van der Waals surface area (Å²) >= 11 is 4.94. The molecule has 2 heterocycles. The number of imidazole rings is 1. The average Bonchev–Trinajstić information content (AvgIpc) is 3.32. The number of nitrogen functional groups attached to an aromatic ring is 1. The van der Waals surface area contributed by atoms with Gasteiger partial charge in [0, 0.05) is 26.8 Å². The molecule has 0 fully saturated rings. The maximum Gasteiger partial charge on any atom is 0.319 e. The number of rotatable bonds is 4. The molecule has 0 aliphatic rings. The molecule has 0 spiro atoms. The number of carbonyl (C=O) groups is 1. The third-order valence-corrected chi connectivity index (χ3v) is 5.88. The SMILES string of the molecule is N#Cc1ccc(NC(=O)NCc2cnc3scc(-c4ccc(Br)c(N)c4)n23)cc1. The molecule has 7 nitrogen and oxygen atoms in total. The Kier molecular flexibility index (Phi) is 5.20. The van der Waals surface area contributed by atoms with Crippen LogP contribution in [-0.4, -0.2) is 15.4 Å². The standard InChI is InChI=1S/C20H15BrN6OS/c21-16-6-3-13(7-17(16)23)18-11-29-20-25-10-15(27(18)20)9-24-19(28)26-14-4-1-12(8-22)2-5-14/h1-7,10-11H,9,23H2,(H2,24,26,28). The maximum atomic E-state index is 12.2. The smallest absolute Gasteiger partial charge is 0.319 e. The van der Waals surface area contributed by atoms with Crippen LogP contribution in [0.4, 0.5) is 16.2 Å². The number of hydrogen-bond donors (Lipinski definition) is 3. The van der Waals surface area contributed by atoms with Crippen molar-refractivity contribution in [2.75, 3.05) is 11.1 Å². The minimum Gasteiger partial charge on any atom is -0.398 e. The Labute approximate surface area is 178 Å². The van der Waals surface area contributed by atoms with Gasteiger partial charge < -0.3 is 16.4 Å². The van der Waals surface area contributed by atoms with E-state index in [-0.39, 0.29) is 6.03 Å². The Balaban J connectivity index is 1.51. The van der Waals surface area contributed by atoms with Crippen molar-refractivity contribution in [3.63, 3.8) is 0 Å². The summed E-state index contributed by atoms with van der Waals surface area (Å²) in [6, 6.07) is 14.2. The van der Waals surface area contributed by atoms with Crippen molar-refractivity contribution in [3.05, 3.63) is 69.8 Å². The van der Waals surface area contributed by atoms with E-state index >= 15 is 0 Å². The van der Waals surface area contributed by atoms with E-state index in [1.54, 1.807) is 30.5 Å². The van der Waals surface area contributed by atoms with E-state index in [0.717, 1.165) is 26.4 Å². The van der Waals surface area contributed by atoms with Gasteiger partial charge in [-0.1, -0.05) is 6.07 Å². The molecule has 2 aromatic carbocycles. The number of nitrogens with two attached hydrogens (primary N) is 1. The van der Waals surface area contributed by atoms with E-state index in [9.17, 15) is 4.79 Å². The van der Waals surface area contributed by atoms with Gasteiger partial charge in [-0.3, -0.25) is 4.40 Å². The fourth-order valence-electron chi connectivity index (χ4n) is 2.87. The van der Waals surface area contributed by atoms with E-state index in [1.807, 2.05) is 34.0 Å². The zero-order chi connectivity index (χ0) is 20.4. The molecule has 0 saturated heterocycles. The number of amides is 2. The number of thiazole rings is 1. The predicted octanol–water partition coefficient (Wildman–Crippen LogP) is 4.60. The Bertz CT molecular complexity index is 1240. The van der Waals surface area contributed by atoms with E-state index in [0.29, 0.717) is 23.5 Å². The summed E-state index contributed by atoms with van der Waals surface area (Å²) in [7, 11) is 0. The monoisotopic (exact) mass is 466 g/mol. The van der Waals surface area contributed by atoms with E-state index in [2.05, 4.69) is 31.5 Å². The summed E-state index contributed by atoms with van der Waals surface area (Å²) in [6.07, 6.45) is 1.75. The molecule has 0 saturated carbocycles. The van der Waals surface area contributed by atoms with Crippen molar-refractivity contribution in [1.29, 1.82) is 5.26 Å². The zero-order valence-electron chi connectivity index (χ0n) is 15.0. The lowest BCUT2D eigenvalue weighted by Crippen LogP contribution is -2.28. The number of nitriles is 1. The van der Waals surface area contributed by atoms with Crippen LogP contribution in [0.5, 0.6) is 0 Å². The van der Waals surface area contributed by atoms with Gasteiger partial charge in [-0.25, -0.2) is 9.78 Å². The van der Waals surface area contributed by atoms with Crippen molar-refractivity contribution in [2.45, 2.75) is 6.54 Å². The molecule has 144 valence electrons. The maximum absolute atomic E-state index is 12.2.